The van der Waals surface area contributed by atoms with Crippen molar-refractivity contribution in [3.05, 3.63) is 47.8 Å². The first-order valence-corrected chi connectivity index (χ1v) is 7.91. The highest BCUT2D eigenvalue weighted by atomic mass is 16.2. The molecule has 0 aliphatic carbocycles. The molecule has 3 rings (SSSR count). The van der Waals surface area contributed by atoms with Crippen molar-refractivity contribution in [1.29, 1.82) is 0 Å². The number of carbonyl (C=O) groups is 1. The van der Waals surface area contributed by atoms with Crippen LogP contribution in [-0.2, 0) is 18.3 Å². The van der Waals surface area contributed by atoms with Crippen LogP contribution in [0.1, 0.15) is 23.1 Å². The Morgan fingerprint density at radius 1 is 1.26 bits per heavy atom. The van der Waals surface area contributed by atoms with E-state index in [4.69, 9.17) is 0 Å². The molecule has 6 heteroatoms. The molecule has 1 aliphatic rings. The smallest absolute Gasteiger partial charge is 0.227 e. The molecule has 1 amide bonds. The third-order valence-electron chi connectivity index (χ3n) is 4.49. The van der Waals surface area contributed by atoms with E-state index in [1.165, 1.54) is 0 Å². The summed E-state index contributed by atoms with van der Waals surface area (Å²) in [4.78, 5) is 25.5. The van der Waals surface area contributed by atoms with E-state index in [2.05, 4.69) is 21.9 Å². The average Bonchev–Trinajstić information content (AvgIpc) is 2.96. The van der Waals surface area contributed by atoms with Gasteiger partial charge in [0.15, 0.2) is 0 Å². The number of hydrogen-bond acceptors (Lipinski definition) is 4. The van der Waals surface area contributed by atoms with Gasteiger partial charge in [0.1, 0.15) is 5.82 Å². The molecule has 0 spiro atoms. The van der Waals surface area contributed by atoms with Gasteiger partial charge in [-0.15, -0.1) is 0 Å². The van der Waals surface area contributed by atoms with Crippen LogP contribution >= 0.6 is 0 Å². The second-order valence-corrected chi connectivity index (χ2v) is 6.22. The molecule has 6 nitrogen and oxygen atoms in total. The molecule has 1 saturated heterocycles. The van der Waals surface area contributed by atoms with E-state index >= 15 is 0 Å². The lowest BCUT2D eigenvalue weighted by Gasteiger charge is -2.39. The third kappa shape index (κ3) is 3.42. The van der Waals surface area contributed by atoms with Gasteiger partial charge in [0.2, 0.25) is 5.91 Å². The molecular weight excluding hydrogens is 290 g/mol. The van der Waals surface area contributed by atoms with Crippen LogP contribution in [0.25, 0.3) is 0 Å². The summed E-state index contributed by atoms with van der Waals surface area (Å²) in [5.41, 5.74) is 1.93. The molecule has 2 aromatic heterocycles. The Kier molecular flexibility index (Phi) is 4.43. The standard InChI is InChI=1S/C17H23N5O/c1-13-4-5-14(11-19-13)10-16(23)22-9-8-20(2)15(12-22)17-18-6-7-21(17)3/h4-7,11,15H,8-10,12H2,1-3H3. The fourth-order valence-electron chi connectivity index (χ4n) is 2.97. The van der Waals surface area contributed by atoms with Gasteiger partial charge in [0, 0.05) is 51.0 Å². The minimum atomic E-state index is 0.142. The lowest BCUT2D eigenvalue weighted by atomic mass is 10.1. The van der Waals surface area contributed by atoms with E-state index in [1.807, 2.05) is 48.0 Å². The van der Waals surface area contributed by atoms with Crippen molar-refractivity contribution in [2.75, 3.05) is 26.7 Å². The van der Waals surface area contributed by atoms with E-state index in [-0.39, 0.29) is 11.9 Å². The summed E-state index contributed by atoms with van der Waals surface area (Å²) in [6.45, 7) is 4.24. The number of pyridine rings is 1. The van der Waals surface area contributed by atoms with Gasteiger partial charge in [-0.05, 0) is 25.6 Å². The first-order valence-electron chi connectivity index (χ1n) is 7.91. The van der Waals surface area contributed by atoms with Crippen molar-refractivity contribution in [2.45, 2.75) is 19.4 Å². The van der Waals surface area contributed by atoms with Gasteiger partial charge in [0.05, 0.1) is 12.5 Å². The van der Waals surface area contributed by atoms with E-state index in [0.717, 1.165) is 30.2 Å². The summed E-state index contributed by atoms with van der Waals surface area (Å²) in [6, 6.07) is 4.07. The Balaban J connectivity index is 1.69. The van der Waals surface area contributed by atoms with Crippen LogP contribution < -0.4 is 0 Å². The van der Waals surface area contributed by atoms with E-state index < -0.39 is 0 Å². The number of rotatable bonds is 3. The normalized spacial score (nSPS) is 19.1. The predicted molar refractivity (Wildman–Crippen MR) is 87.8 cm³/mol. The van der Waals surface area contributed by atoms with Crippen LogP contribution in [0.4, 0.5) is 0 Å². The van der Waals surface area contributed by atoms with Crippen molar-refractivity contribution < 1.29 is 4.79 Å². The lowest BCUT2D eigenvalue weighted by Crippen LogP contribution is -2.50. The molecule has 1 fully saturated rings. The van der Waals surface area contributed by atoms with Gasteiger partial charge in [-0.2, -0.15) is 0 Å². The monoisotopic (exact) mass is 313 g/mol. The molecule has 0 radical (unpaired) electrons. The molecule has 2 aromatic rings. The summed E-state index contributed by atoms with van der Waals surface area (Å²) in [7, 11) is 4.08. The van der Waals surface area contributed by atoms with Crippen LogP contribution in [0.2, 0.25) is 0 Å². The highest BCUT2D eigenvalue weighted by molar-refractivity contribution is 5.78. The van der Waals surface area contributed by atoms with Crippen LogP contribution in [-0.4, -0.2) is 56.9 Å². The maximum Gasteiger partial charge on any atom is 0.227 e. The summed E-state index contributed by atoms with van der Waals surface area (Å²) >= 11 is 0. The second kappa shape index (κ2) is 6.50. The van der Waals surface area contributed by atoms with Crippen molar-refractivity contribution in [1.82, 2.24) is 24.3 Å². The lowest BCUT2D eigenvalue weighted by molar-refractivity contribution is -0.133. The predicted octanol–water partition coefficient (Wildman–Crippen LogP) is 1.18. The number of likely N-dealkylation sites (N-methyl/N-ethyl adjacent to an activating group) is 1. The van der Waals surface area contributed by atoms with E-state index in [9.17, 15) is 4.79 Å². The van der Waals surface area contributed by atoms with Gasteiger partial charge in [-0.1, -0.05) is 6.07 Å². The highest BCUT2D eigenvalue weighted by Crippen LogP contribution is 2.22. The first kappa shape index (κ1) is 15.7. The molecule has 1 atom stereocenters. The number of aromatic nitrogens is 3. The number of imidazole rings is 1. The zero-order valence-electron chi connectivity index (χ0n) is 13.9. The number of amides is 1. The van der Waals surface area contributed by atoms with Gasteiger partial charge >= 0.3 is 0 Å². The summed E-state index contributed by atoms with van der Waals surface area (Å²) < 4.78 is 2.03. The van der Waals surface area contributed by atoms with Crippen LogP contribution in [0.5, 0.6) is 0 Å². The minimum absolute atomic E-state index is 0.142. The quantitative estimate of drug-likeness (QED) is 0.854. The van der Waals surface area contributed by atoms with Crippen molar-refractivity contribution in [2.24, 2.45) is 7.05 Å². The third-order valence-corrected chi connectivity index (χ3v) is 4.49. The molecule has 0 saturated carbocycles. The second-order valence-electron chi connectivity index (χ2n) is 6.22. The molecule has 0 aromatic carbocycles. The number of carbonyl (C=O) groups excluding carboxylic acids is 1. The molecule has 0 bridgehead atoms. The summed E-state index contributed by atoms with van der Waals surface area (Å²) in [5.74, 6) is 1.16. The molecule has 122 valence electrons. The number of hydrogen-bond donors (Lipinski definition) is 0. The Morgan fingerprint density at radius 3 is 2.74 bits per heavy atom. The Hall–Kier alpha value is -2.21. The summed E-state index contributed by atoms with van der Waals surface area (Å²) in [5, 5.41) is 0. The fourth-order valence-corrected chi connectivity index (χ4v) is 2.97. The largest absolute Gasteiger partial charge is 0.339 e. The van der Waals surface area contributed by atoms with Gasteiger partial charge in [-0.25, -0.2) is 4.98 Å². The number of nitrogens with zero attached hydrogens (tertiary/aromatic N) is 5. The summed E-state index contributed by atoms with van der Waals surface area (Å²) in [6.07, 6.45) is 5.95. The molecule has 1 unspecified atom stereocenters. The highest BCUT2D eigenvalue weighted by Gasteiger charge is 2.30. The maximum atomic E-state index is 12.6. The van der Waals surface area contributed by atoms with Gasteiger partial charge < -0.3 is 9.47 Å². The van der Waals surface area contributed by atoms with E-state index in [1.54, 1.807) is 6.20 Å². The topological polar surface area (TPSA) is 54.3 Å². The van der Waals surface area contributed by atoms with E-state index in [0.29, 0.717) is 13.0 Å². The number of piperazine rings is 1. The van der Waals surface area contributed by atoms with Crippen molar-refractivity contribution in [3.8, 4) is 0 Å². The van der Waals surface area contributed by atoms with Gasteiger partial charge in [0.25, 0.3) is 0 Å². The fraction of sp³-hybridized carbons (Fsp3) is 0.471. The van der Waals surface area contributed by atoms with Gasteiger partial charge in [-0.3, -0.25) is 14.7 Å². The van der Waals surface area contributed by atoms with Crippen molar-refractivity contribution >= 4 is 5.91 Å². The average molecular weight is 313 g/mol. The molecular formula is C17H23N5O. The zero-order valence-corrected chi connectivity index (χ0v) is 13.9. The molecule has 3 heterocycles. The van der Waals surface area contributed by atoms with Crippen LogP contribution in [0.15, 0.2) is 30.7 Å². The SMILES string of the molecule is Cc1ccc(CC(=O)N2CCN(C)C(c3nccn3C)C2)cn1. The minimum Gasteiger partial charge on any atom is -0.339 e. The Morgan fingerprint density at radius 2 is 2.09 bits per heavy atom. The first-order chi connectivity index (χ1) is 11.0. The zero-order chi connectivity index (χ0) is 16.4. The molecule has 23 heavy (non-hydrogen) atoms. The van der Waals surface area contributed by atoms with Crippen LogP contribution in [0.3, 0.4) is 0 Å². The molecule has 0 N–H and O–H groups in total. The van der Waals surface area contributed by atoms with Crippen molar-refractivity contribution in [3.63, 3.8) is 0 Å². The Bertz CT molecular complexity index is 679. The Labute approximate surface area is 136 Å². The number of aryl methyl sites for hydroxylation is 2. The maximum absolute atomic E-state index is 12.6. The van der Waals surface area contributed by atoms with Crippen LogP contribution in [0, 0.1) is 6.92 Å². The molecule has 1 aliphatic heterocycles.